The van der Waals surface area contributed by atoms with E-state index < -0.39 is 0 Å². The third-order valence-electron chi connectivity index (χ3n) is 3.43. The first kappa shape index (κ1) is 14.8. The van der Waals surface area contributed by atoms with Gasteiger partial charge in [-0.2, -0.15) is 0 Å². The van der Waals surface area contributed by atoms with Crippen molar-refractivity contribution in [3.63, 3.8) is 0 Å². The Labute approximate surface area is 134 Å². The molecule has 0 unspecified atom stereocenters. The van der Waals surface area contributed by atoms with E-state index in [2.05, 4.69) is 38.6 Å². The number of pyridine rings is 1. The zero-order valence-corrected chi connectivity index (χ0v) is 13.0. The Balaban J connectivity index is 1.87. The lowest BCUT2D eigenvalue weighted by Gasteiger charge is -2.13. The first-order valence-corrected chi connectivity index (χ1v) is 7.26. The van der Waals surface area contributed by atoms with Gasteiger partial charge in [-0.3, -0.25) is 0 Å². The SMILES string of the molecule is Cc1ccc(Nc2ncnc(Nc3ccccn3)c2N)c(C)c1. The maximum absolute atomic E-state index is 6.18. The maximum atomic E-state index is 6.18. The van der Waals surface area contributed by atoms with Crippen molar-refractivity contribution in [1.29, 1.82) is 0 Å². The van der Waals surface area contributed by atoms with Gasteiger partial charge in [0.1, 0.15) is 17.8 Å². The molecule has 23 heavy (non-hydrogen) atoms. The summed E-state index contributed by atoms with van der Waals surface area (Å²) in [4.78, 5) is 12.6. The standard InChI is InChI=1S/C17H18N6/c1-11-6-7-13(12(2)9-11)22-16-15(18)17(21-10-20-16)23-14-5-3-4-8-19-14/h3-10H,18H2,1-2H3,(H2,19,20,21,22,23). The summed E-state index contributed by atoms with van der Waals surface area (Å²) in [6.45, 7) is 4.10. The summed E-state index contributed by atoms with van der Waals surface area (Å²) in [6, 6.07) is 11.7. The molecular weight excluding hydrogens is 288 g/mol. The van der Waals surface area contributed by atoms with E-state index in [-0.39, 0.29) is 0 Å². The zero-order chi connectivity index (χ0) is 16.2. The molecule has 0 spiro atoms. The average molecular weight is 306 g/mol. The minimum absolute atomic E-state index is 0.443. The zero-order valence-electron chi connectivity index (χ0n) is 13.0. The number of aryl methyl sites for hydroxylation is 2. The average Bonchev–Trinajstić information content (AvgIpc) is 2.54. The predicted molar refractivity (Wildman–Crippen MR) is 93.2 cm³/mol. The molecule has 0 atom stereocenters. The molecule has 0 saturated heterocycles. The van der Waals surface area contributed by atoms with E-state index in [9.17, 15) is 0 Å². The number of nitrogens with zero attached hydrogens (tertiary/aromatic N) is 3. The van der Waals surface area contributed by atoms with Crippen molar-refractivity contribution in [3.8, 4) is 0 Å². The molecule has 0 saturated carbocycles. The van der Waals surface area contributed by atoms with Crippen LogP contribution < -0.4 is 16.4 Å². The molecule has 6 heteroatoms. The lowest BCUT2D eigenvalue weighted by atomic mass is 10.1. The molecule has 0 aliphatic heterocycles. The second-order valence-electron chi connectivity index (χ2n) is 5.27. The quantitative estimate of drug-likeness (QED) is 0.683. The predicted octanol–water partition coefficient (Wildman–Crippen LogP) is 3.56. The van der Waals surface area contributed by atoms with Crippen LogP contribution in [-0.4, -0.2) is 15.0 Å². The first-order valence-electron chi connectivity index (χ1n) is 7.26. The van der Waals surface area contributed by atoms with Gasteiger partial charge in [-0.05, 0) is 37.6 Å². The van der Waals surface area contributed by atoms with E-state index in [4.69, 9.17) is 5.73 Å². The Kier molecular flexibility index (Phi) is 4.05. The summed E-state index contributed by atoms with van der Waals surface area (Å²) < 4.78 is 0. The second-order valence-corrected chi connectivity index (χ2v) is 5.27. The molecule has 2 heterocycles. The molecule has 4 N–H and O–H groups in total. The summed E-state index contributed by atoms with van der Waals surface area (Å²) in [6.07, 6.45) is 3.17. The summed E-state index contributed by atoms with van der Waals surface area (Å²) in [5.41, 5.74) is 9.92. The molecule has 2 aromatic heterocycles. The fraction of sp³-hybridized carbons (Fsp3) is 0.118. The lowest BCUT2D eigenvalue weighted by molar-refractivity contribution is 1.16. The fourth-order valence-electron chi connectivity index (χ4n) is 2.23. The van der Waals surface area contributed by atoms with Gasteiger partial charge in [-0.15, -0.1) is 0 Å². The second kappa shape index (κ2) is 6.31. The van der Waals surface area contributed by atoms with Crippen molar-refractivity contribution in [1.82, 2.24) is 15.0 Å². The van der Waals surface area contributed by atoms with Crippen LogP contribution in [0.25, 0.3) is 0 Å². The van der Waals surface area contributed by atoms with Crippen molar-refractivity contribution in [2.24, 2.45) is 0 Å². The van der Waals surface area contributed by atoms with Crippen molar-refractivity contribution in [2.75, 3.05) is 16.4 Å². The highest BCUT2D eigenvalue weighted by molar-refractivity contribution is 5.80. The van der Waals surface area contributed by atoms with E-state index >= 15 is 0 Å². The molecule has 0 fully saturated rings. The summed E-state index contributed by atoms with van der Waals surface area (Å²) in [5, 5.41) is 6.35. The fourth-order valence-corrected chi connectivity index (χ4v) is 2.23. The molecule has 6 nitrogen and oxygen atoms in total. The Morgan fingerprint density at radius 3 is 2.39 bits per heavy atom. The van der Waals surface area contributed by atoms with Gasteiger partial charge in [0.2, 0.25) is 0 Å². The topological polar surface area (TPSA) is 88.8 Å². The van der Waals surface area contributed by atoms with Crippen molar-refractivity contribution in [3.05, 3.63) is 60.0 Å². The Morgan fingerprint density at radius 1 is 0.913 bits per heavy atom. The monoisotopic (exact) mass is 306 g/mol. The smallest absolute Gasteiger partial charge is 0.160 e. The summed E-state index contributed by atoms with van der Waals surface area (Å²) in [5.74, 6) is 1.76. The van der Waals surface area contributed by atoms with Crippen LogP contribution in [0.3, 0.4) is 0 Å². The van der Waals surface area contributed by atoms with E-state index in [1.54, 1.807) is 6.20 Å². The number of anilines is 5. The Morgan fingerprint density at radius 2 is 1.70 bits per heavy atom. The highest BCUT2D eigenvalue weighted by atomic mass is 15.1. The minimum atomic E-state index is 0.443. The number of hydrogen-bond donors (Lipinski definition) is 3. The van der Waals surface area contributed by atoms with Crippen LogP contribution >= 0.6 is 0 Å². The Hall–Kier alpha value is -3.15. The van der Waals surface area contributed by atoms with E-state index in [1.165, 1.54) is 11.9 Å². The Bertz CT molecular complexity index is 817. The van der Waals surface area contributed by atoms with Crippen LogP contribution in [-0.2, 0) is 0 Å². The largest absolute Gasteiger partial charge is 0.393 e. The van der Waals surface area contributed by atoms with E-state index in [0.717, 1.165) is 11.3 Å². The molecule has 0 radical (unpaired) electrons. The van der Waals surface area contributed by atoms with Gasteiger partial charge < -0.3 is 16.4 Å². The highest BCUT2D eigenvalue weighted by Crippen LogP contribution is 2.28. The third-order valence-corrected chi connectivity index (χ3v) is 3.43. The number of nitrogens with two attached hydrogens (primary N) is 1. The third kappa shape index (κ3) is 3.37. The number of nitrogens with one attached hydrogen (secondary N) is 2. The molecule has 0 amide bonds. The number of rotatable bonds is 4. The van der Waals surface area contributed by atoms with E-state index in [0.29, 0.717) is 23.1 Å². The number of nitrogen functional groups attached to an aromatic ring is 1. The van der Waals surface area contributed by atoms with Gasteiger partial charge in [0, 0.05) is 11.9 Å². The first-order chi connectivity index (χ1) is 11.1. The van der Waals surface area contributed by atoms with Gasteiger partial charge in [-0.1, -0.05) is 23.8 Å². The van der Waals surface area contributed by atoms with Gasteiger partial charge in [-0.25, -0.2) is 15.0 Å². The van der Waals surface area contributed by atoms with Crippen LogP contribution in [0.2, 0.25) is 0 Å². The molecule has 3 rings (SSSR count). The number of benzene rings is 1. The molecule has 1 aromatic carbocycles. The van der Waals surface area contributed by atoms with Crippen LogP contribution in [0.1, 0.15) is 11.1 Å². The summed E-state index contributed by atoms with van der Waals surface area (Å²) >= 11 is 0. The highest BCUT2D eigenvalue weighted by Gasteiger charge is 2.10. The van der Waals surface area contributed by atoms with Crippen molar-refractivity contribution in [2.45, 2.75) is 13.8 Å². The van der Waals surface area contributed by atoms with Crippen LogP contribution in [0.5, 0.6) is 0 Å². The number of hydrogen-bond acceptors (Lipinski definition) is 6. The molecule has 116 valence electrons. The van der Waals surface area contributed by atoms with Crippen LogP contribution in [0.15, 0.2) is 48.9 Å². The van der Waals surface area contributed by atoms with Crippen LogP contribution in [0, 0.1) is 13.8 Å². The van der Waals surface area contributed by atoms with Gasteiger partial charge in [0.25, 0.3) is 0 Å². The molecule has 0 bridgehead atoms. The van der Waals surface area contributed by atoms with Crippen LogP contribution in [0.4, 0.5) is 28.8 Å². The molecule has 0 aliphatic carbocycles. The van der Waals surface area contributed by atoms with Crippen molar-refractivity contribution >= 4 is 28.8 Å². The molecular formula is C17H18N6. The maximum Gasteiger partial charge on any atom is 0.160 e. The lowest BCUT2D eigenvalue weighted by Crippen LogP contribution is -2.06. The minimum Gasteiger partial charge on any atom is -0.393 e. The molecule has 3 aromatic rings. The number of aromatic nitrogens is 3. The van der Waals surface area contributed by atoms with E-state index in [1.807, 2.05) is 37.3 Å². The van der Waals surface area contributed by atoms with Gasteiger partial charge >= 0.3 is 0 Å². The van der Waals surface area contributed by atoms with Gasteiger partial charge in [0.15, 0.2) is 11.6 Å². The summed E-state index contributed by atoms with van der Waals surface area (Å²) in [7, 11) is 0. The van der Waals surface area contributed by atoms with Crippen molar-refractivity contribution < 1.29 is 0 Å². The normalized spacial score (nSPS) is 10.3. The molecule has 0 aliphatic rings. The van der Waals surface area contributed by atoms with Gasteiger partial charge in [0.05, 0.1) is 0 Å².